The summed E-state index contributed by atoms with van der Waals surface area (Å²) in [6, 6.07) is -1.76. The molecule has 0 aliphatic rings. The second kappa shape index (κ2) is 8.28. The van der Waals surface area contributed by atoms with E-state index in [0.29, 0.717) is 25.1 Å². The van der Waals surface area contributed by atoms with Gasteiger partial charge in [0.25, 0.3) is 0 Å². The molecule has 1 aromatic heterocycles. The number of rotatable bonds is 9. The number of unbranched alkanes of at least 4 members (excludes halogenated alkanes) is 1. The number of aromatic amines is 1. The number of amides is 1. The summed E-state index contributed by atoms with van der Waals surface area (Å²) >= 11 is 0. The van der Waals surface area contributed by atoms with Gasteiger partial charge in [-0.1, -0.05) is 0 Å². The number of nitrogens with zero attached hydrogens (tertiary/aromatic N) is 1. The smallest absolute Gasteiger partial charge is 0.326 e. The van der Waals surface area contributed by atoms with Crippen LogP contribution in [-0.4, -0.2) is 45.6 Å². The van der Waals surface area contributed by atoms with Crippen LogP contribution >= 0.6 is 0 Å². The summed E-state index contributed by atoms with van der Waals surface area (Å²) in [4.78, 5) is 29.7. The first kappa shape index (κ1) is 16.1. The van der Waals surface area contributed by atoms with E-state index in [4.69, 9.17) is 16.6 Å². The van der Waals surface area contributed by atoms with Crippen molar-refractivity contribution in [3.05, 3.63) is 18.2 Å². The molecule has 0 bridgehead atoms. The van der Waals surface area contributed by atoms with Crippen LogP contribution in [0, 0.1) is 0 Å². The summed E-state index contributed by atoms with van der Waals surface area (Å²) in [5, 5.41) is 11.5. The molecule has 0 radical (unpaired) electrons. The molecule has 1 amide bonds. The minimum Gasteiger partial charge on any atom is -0.480 e. The monoisotopic (exact) mass is 283 g/mol. The number of carbonyl (C=O) groups is 2. The Kier molecular flexibility index (Phi) is 6.68. The van der Waals surface area contributed by atoms with E-state index in [1.54, 1.807) is 6.20 Å². The highest BCUT2D eigenvalue weighted by Gasteiger charge is 2.23. The van der Waals surface area contributed by atoms with Gasteiger partial charge in [-0.25, -0.2) is 9.78 Å². The van der Waals surface area contributed by atoms with Crippen molar-refractivity contribution in [2.45, 2.75) is 37.8 Å². The Morgan fingerprint density at radius 1 is 1.45 bits per heavy atom. The Balaban J connectivity index is 2.45. The van der Waals surface area contributed by atoms with Gasteiger partial charge in [-0.2, -0.15) is 0 Å². The van der Waals surface area contributed by atoms with Crippen LogP contribution in [0.3, 0.4) is 0 Å². The van der Waals surface area contributed by atoms with Crippen molar-refractivity contribution >= 4 is 11.9 Å². The Hall–Kier alpha value is -1.93. The number of carboxylic acid groups (broad SMARTS) is 1. The lowest BCUT2D eigenvalue weighted by Gasteiger charge is -2.17. The number of nitrogens with two attached hydrogens (primary N) is 2. The largest absolute Gasteiger partial charge is 0.480 e. The minimum absolute atomic E-state index is 0.254. The molecule has 0 saturated heterocycles. The molecule has 8 heteroatoms. The fourth-order valence-corrected chi connectivity index (χ4v) is 1.75. The first-order valence-corrected chi connectivity index (χ1v) is 6.51. The third-order valence-corrected chi connectivity index (χ3v) is 2.88. The van der Waals surface area contributed by atoms with Gasteiger partial charge < -0.3 is 26.9 Å². The van der Waals surface area contributed by atoms with E-state index in [9.17, 15) is 9.59 Å². The number of hydrogen-bond donors (Lipinski definition) is 5. The van der Waals surface area contributed by atoms with E-state index in [-0.39, 0.29) is 6.42 Å². The van der Waals surface area contributed by atoms with Gasteiger partial charge in [0.05, 0.1) is 18.1 Å². The number of hydrogen-bond acceptors (Lipinski definition) is 5. The average Bonchev–Trinajstić information content (AvgIpc) is 2.90. The summed E-state index contributed by atoms with van der Waals surface area (Å²) < 4.78 is 0. The number of carbonyl (C=O) groups excluding carboxylic acids is 1. The summed E-state index contributed by atoms with van der Waals surface area (Å²) in [5.41, 5.74) is 11.7. The van der Waals surface area contributed by atoms with Crippen molar-refractivity contribution in [2.75, 3.05) is 6.54 Å². The number of carboxylic acids is 1. The first-order valence-electron chi connectivity index (χ1n) is 6.51. The number of H-pyrrole nitrogens is 1. The van der Waals surface area contributed by atoms with Gasteiger partial charge >= 0.3 is 5.97 Å². The molecule has 2 atom stereocenters. The highest BCUT2D eigenvalue weighted by molar-refractivity contribution is 5.86. The highest BCUT2D eigenvalue weighted by atomic mass is 16.4. The summed E-state index contributed by atoms with van der Waals surface area (Å²) in [5.74, 6) is -1.56. The van der Waals surface area contributed by atoms with E-state index < -0.39 is 24.0 Å². The fourth-order valence-electron chi connectivity index (χ4n) is 1.75. The molecule has 1 heterocycles. The molecule has 0 fully saturated rings. The third-order valence-electron chi connectivity index (χ3n) is 2.88. The average molecular weight is 283 g/mol. The quantitative estimate of drug-likeness (QED) is 0.366. The summed E-state index contributed by atoms with van der Waals surface area (Å²) in [6.45, 7) is 0.499. The zero-order chi connectivity index (χ0) is 15.0. The van der Waals surface area contributed by atoms with Crippen molar-refractivity contribution in [1.82, 2.24) is 15.3 Å². The normalized spacial score (nSPS) is 13.7. The van der Waals surface area contributed by atoms with Crippen LogP contribution in [0.2, 0.25) is 0 Å². The van der Waals surface area contributed by atoms with E-state index in [1.165, 1.54) is 6.33 Å². The standard InChI is InChI=1S/C12H21N5O3/c13-4-2-1-3-10(12(19)20)17-11(18)9(14)5-8-6-15-7-16-8/h6-7,9-10H,1-5,13-14H2,(H,15,16)(H,17,18)(H,19,20). The second-order valence-corrected chi connectivity index (χ2v) is 4.56. The van der Waals surface area contributed by atoms with E-state index >= 15 is 0 Å². The molecule has 7 N–H and O–H groups in total. The van der Waals surface area contributed by atoms with Crippen molar-refractivity contribution in [2.24, 2.45) is 11.5 Å². The van der Waals surface area contributed by atoms with Crippen LogP contribution in [0.25, 0.3) is 0 Å². The van der Waals surface area contributed by atoms with Gasteiger partial charge in [0.15, 0.2) is 0 Å². The lowest BCUT2D eigenvalue weighted by molar-refractivity contribution is -0.142. The SMILES string of the molecule is NCCCCC(NC(=O)C(N)Cc1c[nH]cn1)C(=O)O. The van der Waals surface area contributed by atoms with Gasteiger partial charge in [-0.3, -0.25) is 4.79 Å². The van der Waals surface area contributed by atoms with Crippen LogP contribution < -0.4 is 16.8 Å². The molecule has 0 spiro atoms. The van der Waals surface area contributed by atoms with Gasteiger partial charge in [0.1, 0.15) is 6.04 Å². The van der Waals surface area contributed by atoms with Gasteiger partial charge in [0, 0.05) is 12.6 Å². The summed E-state index contributed by atoms with van der Waals surface area (Å²) in [6.07, 6.45) is 5.09. The maximum atomic E-state index is 11.9. The molecule has 1 aromatic rings. The molecule has 1 rings (SSSR count). The van der Waals surface area contributed by atoms with Crippen molar-refractivity contribution in [3.63, 3.8) is 0 Å². The Bertz CT molecular complexity index is 421. The van der Waals surface area contributed by atoms with Gasteiger partial charge in [-0.05, 0) is 25.8 Å². The Labute approximate surface area is 116 Å². The van der Waals surface area contributed by atoms with Crippen LogP contribution in [0.15, 0.2) is 12.5 Å². The number of aromatic nitrogens is 2. The van der Waals surface area contributed by atoms with Crippen LogP contribution in [0.5, 0.6) is 0 Å². The topological polar surface area (TPSA) is 147 Å². The number of aliphatic carboxylic acids is 1. The summed E-state index contributed by atoms with van der Waals surface area (Å²) in [7, 11) is 0. The maximum absolute atomic E-state index is 11.9. The highest BCUT2D eigenvalue weighted by Crippen LogP contribution is 2.02. The van der Waals surface area contributed by atoms with Crippen molar-refractivity contribution in [1.29, 1.82) is 0 Å². The lowest BCUT2D eigenvalue weighted by atomic mass is 10.1. The zero-order valence-electron chi connectivity index (χ0n) is 11.2. The minimum atomic E-state index is -1.07. The van der Waals surface area contributed by atoms with E-state index in [2.05, 4.69) is 15.3 Å². The van der Waals surface area contributed by atoms with E-state index in [1.807, 2.05) is 0 Å². The lowest BCUT2D eigenvalue weighted by Crippen LogP contribution is -2.49. The molecular formula is C12H21N5O3. The molecule has 0 aromatic carbocycles. The Morgan fingerprint density at radius 2 is 2.20 bits per heavy atom. The molecule has 2 unspecified atom stereocenters. The molecule has 0 saturated carbocycles. The number of imidazole rings is 1. The van der Waals surface area contributed by atoms with Crippen LogP contribution in [-0.2, 0) is 16.0 Å². The van der Waals surface area contributed by atoms with Crippen molar-refractivity contribution in [3.8, 4) is 0 Å². The third kappa shape index (κ3) is 5.37. The predicted octanol–water partition coefficient (Wildman–Crippen LogP) is -1.02. The molecule has 20 heavy (non-hydrogen) atoms. The van der Waals surface area contributed by atoms with Crippen LogP contribution in [0.1, 0.15) is 25.0 Å². The molecule has 0 aliphatic carbocycles. The first-order chi connectivity index (χ1) is 9.54. The molecule has 112 valence electrons. The fraction of sp³-hybridized carbons (Fsp3) is 0.583. The van der Waals surface area contributed by atoms with Gasteiger partial charge in [0.2, 0.25) is 5.91 Å². The zero-order valence-corrected chi connectivity index (χ0v) is 11.2. The molecule has 8 nitrogen and oxygen atoms in total. The Morgan fingerprint density at radius 3 is 2.75 bits per heavy atom. The van der Waals surface area contributed by atoms with E-state index in [0.717, 1.165) is 6.42 Å². The van der Waals surface area contributed by atoms with Crippen LogP contribution in [0.4, 0.5) is 0 Å². The number of nitrogens with one attached hydrogen (secondary N) is 2. The van der Waals surface area contributed by atoms with Gasteiger partial charge in [-0.15, -0.1) is 0 Å². The second-order valence-electron chi connectivity index (χ2n) is 4.56. The predicted molar refractivity (Wildman–Crippen MR) is 72.7 cm³/mol. The maximum Gasteiger partial charge on any atom is 0.326 e. The molecular weight excluding hydrogens is 262 g/mol. The molecule has 0 aliphatic heterocycles. The van der Waals surface area contributed by atoms with Crippen molar-refractivity contribution < 1.29 is 14.7 Å².